The summed E-state index contributed by atoms with van der Waals surface area (Å²) in [5.74, 6) is 0.479. The second-order valence-electron chi connectivity index (χ2n) is 8.82. The van der Waals surface area contributed by atoms with Crippen molar-refractivity contribution >= 4 is 22.7 Å². The van der Waals surface area contributed by atoms with E-state index in [1.54, 1.807) is 12.0 Å². The molecule has 0 aliphatic carbocycles. The van der Waals surface area contributed by atoms with E-state index in [4.69, 9.17) is 4.74 Å². The van der Waals surface area contributed by atoms with Gasteiger partial charge in [-0.1, -0.05) is 61.9 Å². The van der Waals surface area contributed by atoms with E-state index in [9.17, 15) is 9.59 Å². The number of methoxy groups -OCH3 is 1. The van der Waals surface area contributed by atoms with E-state index in [0.717, 1.165) is 51.9 Å². The summed E-state index contributed by atoms with van der Waals surface area (Å²) in [5, 5.41) is 3.99. The molecule has 2 N–H and O–H groups in total. The Morgan fingerprint density at radius 3 is 2.69 bits per heavy atom. The minimum absolute atomic E-state index is 0.00104. The lowest BCUT2D eigenvalue weighted by Gasteiger charge is -2.26. The number of rotatable bonds is 8. The van der Waals surface area contributed by atoms with E-state index in [2.05, 4.69) is 23.3 Å². The summed E-state index contributed by atoms with van der Waals surface area (Å²) < 4.78 is 5.48. The molecular formula is C29H29N3O3. The smallest absolute Gasteiger partial charge is 0.255 e. The normalized spacial score (nSPS) is 14.9. The fraction of sp³-hybridized carbons (Fsp3) is 0.241. The first-order valence-corrected chi connectivity index (χ1v) is 12.0. The molecule has 1 aromatic heterocycles. The molecule has 1 aliphatic rings. The van der Waals surface area contributed by atoms with Crippen LogP contribution in [0.25, 0.3) is 22.2 Å². The number of para-hydroxylation sites is 1. The first-order chi connectivity index (χ1) is 17.1. The van der Waals surface area contributed by atoms with E-state index in [0.29, 0.717) is 12.1 Å². The Bertz CT molecular complexity index is 1390. The van der Waals surface area contributed by atoms with Crippen LogP contribution < -0.4 is 10.1 Å². The fourth-order valence-corrected chi connectivity index (χ4v) is 4.91. The average molecular weight is 468 g/mol. The Kier molecular flexibility index (Phi) is 6.27. The van der Waals surface area contributed by atoms with Gasteiger partial charge in [0.1, 0.15) is 12.3 Å². The van der Waals surface area contributed by atoms with Crippen LogP contribution in [0.1, 0.15) is 47.3 Å². The number of H-pyrrole nitrogens is 1. The number of amides is 2. The molecule has 0 bridgehead atoms. The van der Waals surface area contributed by atoms with Crippen LogP contribution in [-0.4, -0.2) is 41.9 Å². The van der Waals surface area contributed by atoms with Crippen LogP contribution in [0.3, 0.4) is 0 Å². The SMILES string of the molecule is CCCCNC(=O)CN1C(=O)c2ccccc2[C@@H]1c1c(-c2cccc(OC)c2)[nH]c2ccccc12. The maximum atomic E-state index is 13.6. The van der Waals surface area contributed by atoms with Gasteiger partial charge in [0, 0.05) is 34.1 Å². The standard InChI is InChI=1S/C29H29N3O3/c1-3-4-16-30-25(33)18-32-28(21-12-5-6-13-22(21)29(32)34)26-23-14-7-8-15-24(23)31-27(26)19-10-9-11-20(17-19)35-2/h5-15,17,28,31H,3-4,16,18H2,1-2H3,(H,30,33)/t28-/m1/s1. The van der Waals surface area contributed by atoms with Gasteiger partial charge in [-0.3, -0.25) is 9.59 Å². The van der Waals surface area contributed by atoms with Gasteiger partial charge in [-0.05, 0) is 36.2 Å². The summed E-state index contributed by atoms with van der Waals surface area (Å²) in [6, 6.07) is 23.2. The van der Waals surface area contributed by atoms with E-state index in [1.807, 2.05) is 66.7 Å². The van der Waals surface area contributed by atoms with Crippen LogP contribution in [-0.2, 0) is 4.79 Å². The number of carbonyl (C=O) groups excluding carboxylic acids is 2. The monoisotopic (exact) mass is 467 g/mol. The zero-order chi connectivity index (χ0) is 24.4. The van der Waals surface area contributed by atoms with Crippen LogP contribution >= 0.6 is 0 Å². The second-order valence-corrected chi connectivity index (χ2v) is 8.82. The molecule has 0 saturated heterocycles. The molecule has 1 atom stereocenters. The first kappa shape index (κ1) is 22.7. The number of benzene rings is 3. The van der Waals surface area contributed by atoms with Gasteiger partial charge in [0.15, 0.2) is 0 Å². The molecule has 0 saturated carbocycles. The van der Waals surface area contributed by atoms with Crippen LogP contribution in [0.4, 0.5) is 0 Å². The molecular weight excluding hydrogens is 438 g/mol. The zero-order valence-electron chi connectivity index (χ0n) is 20.0. The number of fused-ring (bicyclic) bond motifs is 2. The van der Waals surface area contributed by atoms with Gasteiger partial charge in [-0.2, -0.15) is 0 Å². The van der Waals surface area contributed by atoms with Crippen molar-refractivity contribution in [2.24, 2.45) is 0 Å². The van der Waals surface area contributed by atoms with Crippen molar-refractivity contribution in [2.75, 3.05) is 20.2 Å². The van der Waals surface area contributed by atoms with E-state index in [1.165, 1.54) is 0 Å². The third-order valence-corrected chi connectivity index (χ3v) is 6.60. The molecule has 6 heteroatoms. The van der Waals surface area contributed by atoms with Crippen LogP contribution in [0.5, 0.6) is 5.75 Å². The predicted molar refractivity (Wildman–Crippen MR) is 138 cm³/mol. The minimum Gasteiger partial charge on any atom is -0.497 e. The molecule has 0 spiro atoms. The van der Waals surface area contributed by atoms with Crippen molar-refractivity contribution in [1.82, 2.24) is 15.2 Å². The lowest BCUT2D eigenvalue weighted by Crippen LogP contribution is -2.40. The third kappa shape index (κ3) is 4.16. The molecule has 2 amide bonds. The summed E-state index contributed by atoms with van der Waals surface area (Å²) in [4.78, 5) is 31.7. The number of hydrogen-bond acceptors (Lipinski definition) is 3. The number of nitrogens with zero attached hydrogens (tertiary/aromatic N) is 1. The molecule has 5 rings (SSSR count). The lowest BCUT2D eigenvalue weighted by atomic mass is 9.93. The van der Waals surface area contributed by atoms with Crippen LogP contribution in [0.15, 0.2) is 72.8 Å². The predicted octanol–water partition coefficient (Wildman–Crippen LogP) is 5.31. The number of carbonyl (C=O) groups is 2. The summed E-state index contributed by atoms with van der Waals surface area (Å²) in [6.45, 7) is 2.69. The van der Waals surface area contributed by atoms with Gasteiger partial charge in [0.25, 0.3) is 5.91 Å². The Hall–Kier alpha value is -4.06. The second kappa shape index (κ2) is 9.66. The maximum Gasteiger partial charge on any atom is 0.255 e. The Balaban J connectivity index is 1.67. The number of nitrogens with one attached hydrogen (secondary N) is 2. The molecule has 1 aliphatic heterocycles. The molecule has 178 valence electrons. The van der Waals surface area contributed by atoms with Crippen molar-refractivity contribution < 1.29 is 14.3 Å². The summed E-state index contributed by atoms with van der Waals surface area (Å²) in [5.41, 5.74) is 5.38. The van der Waals surface area contributed by atoms with Crippen molar-refractivity contribution in [1.29, 1.82) is 0 Å². The minimum atomic E-state index is -0.395. The molecule has 4 aromatic rings. The zero-order valence-corrected chi connectivity index (χ0v) is 20.0. The van der Waals surface area contributed by atoms with E-state index in [-0.39, 0.29) is 18.4 Å². The average Bonchev–Trinajstić information content (AvgIpc) is 3.39. The lowest BCUT2D eigenvalue weighted by molar-refractivity contribution is -0.122. The molecule has 0 fully saturated rings. The first-order valence-electron chi connectivity index (χ1n) is 12.0. The van der Waals surface area contributed by atoms with Gasteiger partial charge in [0.2, 0.25) is 5.91 Å². The maximum absolute atomic E-state index is 13.6. The number of unbranched alkanes of at least 4 members (excludes halogenated alkanes) is 1. The molecule has 35 heavy (non-hydrogen) atoms. The number of ether oxygens (including phenoxy) is 1. The highest BCUT2D eigenvalue weighted by Crippen LogP contribution is 2.45. The number of aromatic amines is 1. The van der Waals surface area contributed by atoms with Gasteiger partial charge in [-0.15, -0.1) is 0 Å². The Morgan fingerprint density at radius 2 is 1.86 bits per heavy atom. The summed E-state index contributed by atoms with van der Waals surface area (Å²) in [6.07, 6.45) is 1.90. The molecule has 3 aromatic carbocycles. The largest absolute Gasteiger partial charge is 0.497 e. The highest BCUT2D eigenvalue weighted by Gasteiger charge is 2.40. The Labute approximate surface area is 204 Å². The van der Waals surface area contributed by atoms with E-state index < -0.39 is 6.04 Å². The molecule has 0 unspecified atom stereocenters. The summed E-state index contributed by atoms with van der Waals surface area (Å²) in [7, 11) is 1.65. The van der Waals surface area contributed by atoms with Gasteiger partial charge in [-0.25, -0.2) is 0 Å². The van der Waals surface area contributed by atoms with Crippen molar-refractivity contribution in [2.45, 2.75) is 25.8 Å². The quantitative estimate of drug-likeness (QED) is 0.345. The van der Waals surface area contributed by atoms with Gasteiger partial charge < -0.3 is 19.9 Å². The molecule has 0 radical (unpaired) electrons. The van der Waals surface area contributed by atoms with Crippen molar-refractivity contribution in [3.63, 3.8) is 0 Å². The van der Waals surface area contributed by atoms with Gasteiger partial charge in [0.05, 0.1) is 18.8 Å². The van der Waals surface area contributed by atoms with Crippen molar-refractivity contribution in [3.05, 3.63) is 89.5 Å². The summed E-state index contributed by atoms with van der Waals surface area (Å²) >= 11 is 0. The highest BCUT2D eigenvalue weighted by molar-refractivity contribution is 6.03. The number of hydrogen-bond donors (Lipinski definition) is 2. The highest BCUT2D eigenvalue weighted by atomic mass is 16.5. The molecule has 6 nitrogen and oxygen atoms in total. The Morgan fingerprint density at radius 1 is 1.06 bits per heavy atom. The van der Waals surface area contributed by atoms with Crippen LogP contribution in [0.2, 0.25) is 0 Å². The fourth-order valence-electron chi connectivity index (χ4n) is 4.91. The topological polar surface area (TPSA) is 74.4 Å². The van der Waals surface area contributed by atoms with Gasteiger partial charge >= 0.3 is 0 Å². The van der Waals surface area contributed by atoms with Crippen LogP contribution in [0, 0.1) is 0 Å². The van der Waals surface area contributed by atoms with E-state index >= 15 is 0 Å². The molecule has 2 heterocycles. The van der Waals surface area contributed by atoms with Crippen molar-refractivity contribution in [3.8, 4) is 17.0 Å². The number of aromatic nitrogens is 1. The third-order valence-electron chi connectivity index (χ3n) is 6.60.